The van der Waals surface area contributed by atoms with E-state index in [1.54, 1.807) is 0 Å². The second kappa shape index (κ2) is 8.89. The second-order valence-electron chi connectivity index (χ2n) is 4.93. The molecule has 3 unspecified atom stereocenters. The van der Waals surface area contributed by atoms with Gasteiger partial charge in [-0.2, -0.15) is 11.8 Å². The number of carboxylic acids is 1. The predicted molar refractivity (Wildman–Crippen MR) is 83.0 cm³/mol. The minimum Gasteiger partial charge on any atom is -0.481 e. The van der Waals surface area contributed by atoms with Crippen LogP contribution in [0.1, 0.15) is 26.7 Å². The molecule has 0 radical (unpaired) electrons. The number of carboxylic acid groups (broad SMARTS) is 1. The molecule has 21 heavy (non-hydrogen) atoms. The zero-order valence-electron chi connectivity index (χ0n) is 12.9. The van der Waals surface area contributed by atoms with Crippen molar-refractivity contribution in [1.29, 1.82) is 0 Å². The molecule has 0 aromatic heterocycles. The maximum atomic E-state index is 12.4. The Morgan fingerprint density at radius 2 is 1.90 bits per heavy atom. The van der Waals surface area contributed by atoms with Gasteiger partial charge in [0.1, 0.15) is 6.04 Å². The molecule has 0 rings (SSSR count). The molecule has 0 aliphatic rings. The first kappa shape index (κ1) is 19.7. The van der Waals surface area contributed by atoms with Crippen LogP contribution in [0.15, 0.2) is 0 Å². The maximum absolute atomic E-state index is 12.4. The quantitative estimate of drug-likeness (QED) is 0.467. The first-order valence-corrected chi connectivity index (χ1v) is 7.97. The van der Waals surface area contributed by atoms with E-state index in [0.29, 0.717) is 6.42 Å². The van der Waals surface area contributed by atoms with Crippen molar-refractivity contribution in [3.8, 4) is 0 Å². The Hall–Kier alpha value is -1.28. The van der Waals surface area contributed by atoms with Crippen LogP contribution in [0.5, 0.6) is 0 Å². The number of carbonyl (C=O) groups excluding carboxylic acids is 2. The first-order chi connectivity index (χ1) is 9.75. The molecule has 0 aliphatic carbocycles. The zero-order chi connectivity index (χ0) is 16.6. The normalized spacial score (nSPS) is 16.4. The lowest BCUT2D eigenvalue weighted by molar-refractivity contribution is -0.142. The summed E-state index contributed by atoms with van der Waals surface area (Å²) in [6.07, 6.45) is 2.18. The zero-order valence-corrected chi connectivity index (χ0v) is 13.8. The van der Waals surface area contributed by atoms with E-state index in [-0.39, 0.29) is 13.0 Å². The van der Waals surface area contributed by atoms with E-state index in [1.807, 2.05) is 20.1 Å². The van der Waals surface area contributed by atoms with Gasteiger partial charge in [-0.3, -0.25) is 14.4 Å². The topological polar surface area (TPSA) is 122 Å². The van der Waals surface area contributed by atoms with E-state index in [1.165, 1.54) is 18.8 Å². The Morgan fingerprint density at radius 1 is 1.33 bits per heavy atom. The fraction of sp³-hybridized carbons (Fsp3) is 0.769. The van der Waals surface area contributed by atoms with E-state index in [2.05, 4.69) is 10.6 Å². The molecule has 2 amide bonds. The smallest absolute Gasteiger partial charge is 0.304 e. The average molecular weight is 319 g/mol. The molecule has 0 bridgehead atoms. The Kier molecular flexibility index (Phi) is 8.34. The number of likely N-dealkylation sites (N-methyl/N-ethyl adjacent to an activating group) is 1. The number of nitrogens with two attached hydrogens (primary N) is 1. The molecule has 0 aromatic carbocycles. The highest BCUT2D eigenvalue weighted by Crippen LogP contribution is 2.36. The molecule has 0 spiro atoms. The number of hydrogen-bond acceptors (Lipinski definition) is 5. The third kappa shape index (κ3) is 5.55. The fourth-order valence-corrected chi connectivity index (χ4v) is 2.74. The highest BCUT2D eigenvalue weighted by Gasteiger charge is 2.39. The summed E-state index contributed by atoms with van der Waals surface area (Å²) in [5, 5.41) is 14.0. The van der Waals surface area contributed by atoms with E-state index in [9.17, 15) is 14.4 Å². The Bertz CT molecular complexity index is 386. The van der Waals surface area contributed by atoms with Gasteiger partial charge in [-0.15, -0.1) is 0 Å². The largest absolute Gasteiger partial charge is 0.481 e. The summed E-state index contributed by atoms with van der Waals surface area (Å²) in [7, 11) is 1.45. The number of thioether (sulfide) groups is 1. The molecule has 7 nitrogen and oxygen atoms in total. The number of carbonyl (C=O) groups is 3. The maximum Gasteiger partial charge on any atom is 0.304 e. The molecule has 3 atom stereocenters. The van der Waals surface area contributed by atoms with Gasteiger partial charge in [0.05, 0.1) is 12.3 Å². The summed E-state index contributed by atoms with van der Waals surface area (Å²) in [5.41, 5.74) is 5.48. The van der Waals surface area contributed by atoms with Crippen molar-refractivity contribution in [2.45, 2.75) is 37.5 Å². The van der Waals surface area contributed by atoms with Gasteiger partial charge in [-0.25, -0.2) is 0 Å². The van der Waals surface area contributed by atoms with Gasteiger partial charge in [-0.1, -0.05) is 6.92 Å². The van der Waals surface area contributed by atoms with Crippen LogP contribution in [-0.4, -0.2) is 53.5 Å². The van der Waals surface area contributed by atoms with Crippen molar-refractivity contribution in [3.63, 3.8) is 0 Å². The molecule has 0 saturated heterocycles. The molecule has 122 valence electrons. The number of aliphatic carboxylic acids is 1. The Morgan fingerprint density at radius 3 is 2.24 bits per heavy atom. The van der Waals surface area contributed by atoms with Crippen molar-refractivity contribution in [3.05, 3.63) is 0 Å². The predicted octanol–water partition coefficient (Wildman–Crippen LogP) is -0.201. The Balaban J connectivity index is 5.20. The van der Waals surface area contributed by atoms with Gasteiger partial charge in [0.15, 0.2) is 0 Å². The van der Waals surface area contributed by atoms with Crippen LogP contribution < -0.4 is 16.4 Å². The van der Waals surface area contributed by atoms with Crippen LogP contribution in [-0.2, 0) is 14.4 Å². The van der Waals surface area contributed by atoms with Crippen molar-refractivity contribution < 1.29 is 19.5 Å². The molecule has 0 aliphatic heterocycles. The van der Waals surface area contributed by atoms with Crippen LogP contribution in [0.2, 0.25) is 0 Å². The fourth-order valence-electron chi connectivity index (χ4n) is 1.97. The average Bonchev–Trinajstić information content (AvgIpc) is 2.48. The molecule has 5 N–H and O–H groups in total. The van der Waals surface area contributed by atoms with Gasteiger partial charge >= 0.3 is 5.97 Å². The summed E-state index contributed by atoms with van der Waals surface area (Å²) in [5.74, 6) is -2.65. The number of hydrogen-bond donors (Lipinski definition) is 4. The van der Waals surface area contributed by atoms with Crippen molar-refractivity contribution in [2.75, 3.05) is 19.8 Å². The van der Waals surface area contributed by atoms with Crippen LogP contribution >= 0.6 is 11.8 Å². The standard InChI is InChI=1S/C13H25N3O4S/c1-5-13(2,21-4)8(6-10(17)18)11(19)16-9(7-14)12(20)15-3/h8-9H,5-7,14H2,1-4H3,(H,15,20)(H,16,19)(H,17,18). The lowest BCUT2D eigenvalue weighted by Crippen LogP contribution is -2.54. The van der Waals surface area contributed by atoms with E-state index >= 15 is 0 Å². The monoisotopic (exact) mass is 319 g/mol. The van der Waals surface area contributed by atoms with Crippen LogP contribution in [0.4, 0.5) is 0 Å². The summed E-state index contributed by atoms with van der Waals surface area (Å²) in [6, 6.07) is -0.859. The number of amides is 2. The van der Waals surface area contributed by atoms with Crippen molar-refractivity contribution >= 4 is 29.5 Å². The van der Waals surface area contributed by atoms with E-state index in [4.69, 9.17) is 10.8 Å². The molecule has 8 heteroatoms. The molecular formula is C13H25N3O4S. The molecule has 0 heterocycles. The van der Waals surface area contributed by atoms with Gasteiger partial charge in [-0.05, 0) is 19.6 Å². The number of nitrogens with one attached hydrogen (secondary N) is 2. The molecule has 0 aromatic rings. The third-order valence-corrected chi connectivity index (χ3v) is 5.22. The molecular weight excluding hydrogens is 294 g/mol. The Labute approximate surface area is 129 Å². The lowest BCUT2D eigenvalue weighted by Gasteiger charge is -2.34. The van der Waals surface area contributed by atoms with Crippen molar-refractivity contribution in [1.82, 2.24) is 10.6 Å². The van der Waals surface area contributed by atoms with E-state index in [0.717, 1.165) is 0 Å². The summed E-state index contributed by atoms with van der Waals surface area (Å²) < 4.78 is -0.523. The van der Waals surface area contributed by atoms with Gasteiger partial charge in [0, 0.05) is 18.3 Å². The van der Waals surface area contributed by atoms with Crippen LogP contribution in [0, 0.1) is 5.92 Å². The first-order valence-electron chi connectivity index (χ1n) is 6.74. The van der Waals surface area contributed by atoms with Gasteiger partial charge in [0.25, 0.3) is 0 Å². The molecule has 0 fully saturated rings. The highest BCUT2D eigenvalue weighted by atomic mass is 32.2. The van der Waals surface area contributed by atoms with E-state index < -0.39 is 34.5 Å². The van der Waals surface area contributed by atoms with Crippen LogP contribution in [0.3, 0.4) is 0 Å². The van der Waals surface area contributed by atoms with Gasteiger partial charge in [0.2, 0.25) is 11.8 Å². The van der Waals surface area contributed by atoms with Crippen LogP contribution in [0.25, 0.3) is 0 Å². The SMILES string of the molecule is CCC(C)(SC)C(CC(=O)O)C(=O)NC(CN)C(=O)NC. The minimum absolute atomic E-state index is 0.0483. The summed E-state index contributed by atoms with van der Waals surface area (Å²) in [4.78, 5) is 35.0. The van der Waals surface area contributed by atoms with Crippen molar-refractivity contribution in [2.24, 2.45) is 11.7 Å². The minimum atomic E-state index is -1.05. The number of rotatable bonds is 9. The lowest BCUT2D eigenvalue weighted by atomic mass is 9.86. The molecule has 0 saturated carbocycles. The summed E-state index contributed by atoms with van der Waals surface area (Å²) >= 11 is 1.44. The summed E-state index contributed by atoms with van der Waals surface area (Å²) in [6.45, 7) is 3.70. The third-order valence-electron chi connectivity index (χ3n) is 3.72. The highest BCUT2D eigenvalue weighted by molar-refractivity contribution is 8.00. The second-order valence-corrected chi connectivity index (χ2v) is 6.27. The van der Waals surface area contributed by atoms with Gasteiger partial charge < -0.3 is 21.5 Å².